The average Bonchev–Trinajstić information content (AvgIpc) is 3.48. The summed E-state index contributed by atoms with van der Waals surface area (Å²) in [6.07, 6.45) is -20.4. The lowest BCUT2D eigenvalue weighted by Gasteiger charge is -2.37. The molecule has 1 aliphatic heterocycles. The number of alkyl halides is 12. The van der Waals surface area contributed by atoms with Crippen molar-refractivity contribution in [2.24, 2.45) is 5.92 Å². The first-order valence-electron chi connectivity index (χ1n) is 12.0. The Bertz CT molecular complexity index is 1540. The van der Waals surface area contributed by atoms with Crippen LogP contribution in [-0.4, -0.2) is 25.6 Å². The lowest BCUT2D eigenvalue weighted by Crippen LogP contribution is -2.40. The van der Waals surface area contributed by atoms with Crippen LogP contribution in [0.2, 0.25) is 0 Å². The third kappa shape index (κ3) is 5.37. The van der Waals surface area contributed by atoms with E-state index < -0.39 is 88.4 Å². The largest absolute Gasteiger partial charge is 0.433 e. The van der Waals surface area contributed by atoms with Gasteiger partial charge in [-0.3, -0.25) is 4.79 Å². The Labute approximate surface area is 226 Å². The molecule has 0 radical (unpaired) electrons. The minimum atomic E-state index is -5.34. The summed E-state index contributed by atoms with van der Waals surface area (Å²) < 4.78 is 163. The van der Waals surface area contributed by atoms with E-state index in [1.54, 1.807) is 0 Å². The van der Waals surface area contributed by atoms with E-state index in [0.717, 1.165) is 17.0 Å². The normalized spacial score (nSPS) is 21.3. The first-order chi connectivity index (χ1) is 19.2. The van der Waals surface area contributed by atoms with Crippen molar-refractivity contribution in [3.63, 3.8) is 0 Å². The van der Waals surface area contributed by atoms with E-state index in [9.17, 15) is 57.5 Å². The third-order valence-electron chi connectivity index (χ3n) is 7.03. The molecule has 1 aliphatic carbocycles. The zero-order valence-corrected chi connectivity index (χ0v) is 20.5. The van der Waals surface area contributed by atoms with Crippen LogP contribution in [0.15, 0.2) is 41.2 Å². The van der Waals surface area contributed by atoms with Gasteiger partial charge in [0.25, 0.3) is 5.56 Å². The molecule has 2 bridgehead atoms. The van der Waals surface area contributed by atoms with Crippen LogP contribution in [0.5, 0.6) is 0 Å². The van der Waals surface area contributed by atoms with E-state index in [0.29, 0.717) is 16.7 Å². The van der Waals surface area contributed by atoms with E-state index in [4.69, 9.17) is 0 Å². The highest BCUT2D eigenvalue weighted by molar-refractivity contribution is 5.50. The molecule has 2 fully saturated rings. The Morgan fingerprint density at radius 1 is 0.667 bits per heavy atom. The minimum absolute atomic E-state index is 0.00721. The number of rotatable bonds is 3. The fraction of sp³-hybridized carbons (Fsp3) is 0.417. The number of hydrogen-bond donors (Lipinski definition) is 0. The predicted octanol–water partition coefficient (Wildman–Crippen LogP) is 6.83. The second-order valence-corrected chi connectivity index (χ2v) is 9.72. The lowest BCUT2D eigenvalue weighted by atomic mass is 9.97. The molecule has 0 unspecified atom stereocenters. The highest BCUT2D eigenvalue weighted by Gasteiger charge is 2.51. The molecule has 0 spiro atoms. The molecule has 0 N–H and O–H groups in total. The Hall–Kier alpha value is -3.86. The van der Waals surface area contributed by atoms with Crippen molar-refractivity contribution in [3.8, 4) is 5.82 Å². The van der Waals surface area contributed by atoms with Crippen molar-refractivity contribution in [1.82, 2.24) is 19.5 Å². The fourth-order valence-corrected chi connectivity index (χ4v) is 5.39. The number of nitrogens with zero attached hydrogens (tertiary/aromatic N) is 5. The number of aromatic nitrogens is 4. The monoisotopic (exact) mass is 617 g/mol. The molecule has 1 saturated heterocycles. The molecule has 42 heavy (non-hydrogen) atoms. The van der Waals surface area contributed by atoms with E-state index in [2.05, 4.69) is 15.0 Å². The van der Waals surface area contributed by atoms with E-state index >= 15 is 0 Å². The van der Waals surface area contributed by atoms with Gasteiger partial charge in [0.15, 0.2) is 5.69 Å². The van der Waals surface area contributed by atoms with Gasteiger partial charge in [0, 0.05) is 12.1 Å². The molecule has 5 rings (SSSR count). The maximum atomic E-state index is 13.7. The molecule has 226 valence electrons. The van der Waals surface area contributed by atoms with Gasteiger partial charge < -0.3 is 4.90 Å². The molecular formula is C24H15F12N5O. The smallest absolute Gasteiger partial charge is 0.343 e. The summed E-state index contributed by atoms with van der Waals surface area (Å²) in [7, 11) is 0. The molecule has 0 amide bonds. The maximum absolute atomic E-state index is 13.7. The zero-order valence-electron chi connectivity index (χ0n) is 20.5. The van der Waals surface area contributed by atoms with E-state index in [-0.39, 0.29) is 31.4 Å². The van der Waals surface area contributed by atoms with Gasteiger partial charge >= 0.3 is 24.7 Å². The summed E-state index contributed by atoms with van der Waals surface area (Å²) in [4.78, 5) is 24.1. The predicted molar refractivity (Wildman–Crippen MR) is 118 cm³/mol. The van der Waals surface area contributed by atoms with Gasteiger partial charge in [0.1, 0.15) is 28.8 Å². The maximum Gasteiger partial charge on any atom is 0.433 e. The molecule has 4 heterocycles. The van der Waals surface area contributed by atoms with Gasteiger partial charge in [-0.1, -0.05) is 6.07 Å². The van der Waals surface area contributed by atoms with Crippen LogP contribution < -0.4 is 10.5 Å². The standard InChI is InChI=1S/C24H15F12N5O/c25-21(26,27)11-7-14(23(31,32)33)38-17(8-11)40-12-5-4-10(6-12)19(40)20-39-15(24(34,35)36)9-18(42)41(20)16-3-1-2-13(37-16)22(28,29)30/h1-3,7-10,12,19H,4-6H2/t10-,12+,19-/m0/s1. The SMILES string of the molecule is O=c1cc(C(F)(F)F)nc([C@@H]2[C@H]3CC[C@H](C3)N2c2cc(C(F)(F)F)cc(C(F)(F)F)n2)n1-c1cccc(C(F)(F)F)n1. The average molecular weight is 617 g/mol. The van der Waals surface area contributed by atoms with Gasteiger partial charge in [-0.25, -0.2) is 19.5 Å². The van der Waals surface area contributed by atoms with Crippen molar-refractivity contribution in [1.29, 1.82) is 0 Å². The van der Waals surface area contributed by atoms with Gasteiger partial charge in [-0.05, 0) is 49.4 Å². The first-order valence-corrected chi connectivity index (χ1v) is 12.0. The van der Waals surface area contributed by atoms with Crippen LogP contribution in [0.1, 0.15) is 53.8 Å². The molecule has 1 saturated carbocycles. The van der Waals surface area contributed by atoms with Gasteiger partial charge in [0.05, 0.1) is 11.6 Å². The second kappa shape index (κ2) is 9.58. The molecular weight excluding hydrogens is 602 g/mol. The highest BCUT2D eigenvalue weighted by atomic mass is 19.4. The number of fused-ring (bicyclic) bond motifs is 2. The van der Waals surface area contributed by atoms with Crippen molar-refractivity contribution in [2.75, 3.05) is 4.90 Å². The summed E-state index contributed by atoms with van der Waals surface area (Å²) in [5.74, 6) is -3.32. The summed E-state index contributed by atoms with van der Waals surface area (Å²) in [6, 6.07) is -0.107. The van der Waals surface area contributed by atoms with E-state index in [1.807, 2.05) is 0 Å². The lowest BCUT2D eigenvalue weighted by molar-refractivity contribution is -0.146. The van der Waals surface area contributed by atoms with Crippen molar-refractivity contribution in [3.05, 3.63) is 75.2 Å². The van der Waals surface area contributed by atoms with Crippen LogP contribution in [0, 0.1) is 5.92 Å². The van der Waals surface area contributed by atoms with Crippen LogP contribution >= 0.6 is 0 Å². The summed E-state index contributed by atoms with van der Waals surface area (Å²) in [6.45, 7) is 0. The zero-order chi connectivity index (χ0) is 31.0. The van der Waals surface area contributed by atoms with Crippen molar-refractivity contribution < 1.29 is 52.7 Å². The fourth-order valence-electron chi connectivity index (χ4n) is 5.39. The van der Waals surface area contributed by atoms with Crippen molar-refractivity contribution >= 4 is 5.82 Å². The Kier molecular flexibility index (Phi) is 6.76. The number of piperidine rings is 1. The van der Waals surface area contributed by atoms with Crippen LogP contribution in [0.3, 0.4) is 0 Å². The Morgan fingerprint density at radius 2 is 1.26 bits per heavy atom. The topological polar surface area (TPSA) is 63.9 Å². The second-order valence-electron chi connectivity index (χ2n) is 9.72. The number of hydrogen-bond acceptors (Lipinski definition) is 5. The summed E-state index contributed by atoms with van der Waals surface area (Å²) >= 11 is 0. The minimum Gasteiger partial charge on any atom is -0.343 e. The molecule has 0 aromatic carbocycles. The van der Waals surface area contributed by atoms with Gasteiger partial charge in [-0.2, -0.15) is 52.7 Å². The van der Waals surface area contributed by atoms with Gasteiger partial charge in [-0.15, -0.1) is 0 Å². The van der Waals surface area contributed by atoms with Crippen molar-refractivity contribution in [2.45, 2.75) is 56.1 Å². The Balaban J connectivity index is 1.77. The van der Waals surface area contributed by atoms with Crippen LogP contribution in [-0.2, 0) is 24.7 Å². The molecule has 3 atom stereocenters. The molecule has 18 heteroatoms. The molecule has 6 nitrogen and oxygen atoms in total. The van der Waals surface area contributed by atoms with Gasteiger partial charge in [0.2, 0.25) is 0 Å². The molecule has 2 aliphatic rings. The first kappa shape index (κ1) is 29.6. The van der Waals surface area contributed by atoms with Crippen LogP contribution in [0.4, 0.5) is 58.5 Å². The Morgan fingerprint density at radius 3 is 1.86 bits per heavy atom. The quantitative estimate of drug-likeness (QED) is 0.302. The highest BCUT2D eigenvalue weighted by Crippen LogP contribution is 2.52. The van der Waals surface area contributed by atoms with Crippen LogP contribution in [0.25, 0.3) is 5.82 Å². The third-order valence-corrected chi connectivity index (χ3v) is 7.03. The molecule has 3 aromatic heterocycles. The summed E-state index contributed by atoms with van der Waals surface area (Å²) in [5.41, 5.74) is -8.47. The number of pyridine rings is 2. The summed E-state index contributed by atoms with van der Waals surface area (Å²) in [5, 5.41) is 0. The number of anilines is 1. The number of halogens is 12. The van der Waals surface area contributed by atoms with E-state index in [1.165, 1.54) is 0 Å². The molecule has 3 aromatic rings.